The van der Waals surface area contributed by atoms with Crippen molar-refractivity contribution in [3.8, 4) is 0 Å². The van der Waals surface area contributed by atoms with Crippen LogP contribution in [-0.2, 0) is 6.54 Å². The molecule has 3 heteroatoms. The number of nitrogens with zero attached hydrogens (tertiary/aromatic N) is 3. The number of imidazole rings is 1. The van der Waals surface area contributed by atoms with E-state index in [2.05, 4.69) is 46.8 Å². The zero-order chi connectivity index (χ0) is 17.1. The van der Waals surface area contributed by atoms with Crippen molar-refractivity contribution >= 4 is 22.9 Å². The van der Waals surface area contributed by atoms with Crippen LogP contribution in [0.2, 0.25) is 0 Å². The lowest BCUT2D eigenvalue weighted by Crippen LogP contribution is -2.01. The maximum absolute atomic E-state index is 4.71. The van der Waals surface area contributed by atoms with Gasteiger partial charge in [0.25, 0.3) is 0 Å². The third-order valence-electron chi connectivity index (χ3n) is 4.27. The second-order valence-electron chi connectivity index (χ2n) is 6.07. The quantitative estimate of drug-likeness (QED) is 0.478. The van der Waals surface area contributed by atoms with Crippen molar-refractivity contribution in [1.82, 2.24) is 9.55 Å². The number of aromatic nitrogens is 2. The molecule has 122 valence electrons. The number of benzene rings is 3. The molecule has 0 aliphatic rings. The van der Waals surface area contributed by atoms with Crippen molar-refractivity contribution in [2.75, 3.05) is 0 Å². The first-order valence-corrected chi connectivity index (χ1v) is 8.39. The molecule has 0 aliphatic heterocycles. The molecule has 0 saturated carbocycles. The van der Waals surface area contributed by atoms with E-state index in [1.807, 2.05) is 54.7 Å². The molecule has 0 saturated heterocycles. The summed E-state index contributed by atoms with van der Waals surface area (Å²) < 4.78 is 2.25. The van der Waals surface area contributed by atoms with Gasteiger partial charge in [-0.3, -0.25) is 4.99 Å². The van der Waals surface area contributed by atoms with Crippen LogP contribution in [0.25, 0.3) is 11.0 Å². The Morgan fingerprint density at radius 2 is 1.64 bits per heavy atom. The molecule has 4 aromatic rings. The summed E-state index contributed by atoms with van der Waals surface area (Å²) >= 11 is 0. The van der Waals surface area contributed by atoms with E-state index in [1.54, 1.807) is 0 Å². The van der Waals surface area contributed by atoms with Crippen LogP contribution in [0.5, 0.6) is 0 Å². The Bertz CT molecular complexity index is 1020. The summed E-state index contributed by atoms with van der Waals surface area (Å²) in [6.07, 6.45) is 1.88. The lowest BCUT2D eigenvalue weighted by Gasteiger charge is -2.07. The van der Waals surface area contributed by atoms with Crippen LogP contribution in [0.15, 0.2) is 83.9 Å². The van der Waals surface area contributed by atoms with Crippen molar-refractivity contribution in [3.05, 3.63) is 95.8 Å². The fourth-order valence-electron chi connectivity index (χ4n) is 2.97. The molecule has 0 spiro atoms. The molecule has 1 heterocycles. The number of hydrogen-bond acceptors (Lipinski definition) is 2. The number of fused-ring (bicyclic) bond motifs is 1. The Hall–Kier alpha value is -3.20. The van der Waals surface area contributed by atoms with Crippen molar-refractivity contribution < 1.29 is 0 Å². The molecule has 0 radical (unpaired) electrons. The summed E-state index contributed by atoms with van der Waals surface area (Å²) in [5, 5.41) is 0. The molecule has 4 rings (SSSR count). The molecule has 0 aliphatic carbocycles. The summed E-state index contributed by atoms with van der Waals surface area (Å²) in [5.41, 5.74) is 5.40. The van der Waals surface area contributed by atoms with Gasteiger partial charge in [-0.2, -0.15) is 0 Å². The standard InChI is InChI=1S/C22H19N3/c1-17-24-21-14-20(23-15-18-8-4-2-5-9-18)12-13-22(21)25(17)16-19-10-6-3-7-11-19/h2-15H,16H2,1H3. The largest absolute Gasteiger partial charge is 0.324 e. The Morgan fingerprint density at radius 3 is 2.40 bits per heavy atom. The molecule has 0 unspecified atom stereocenters. The van der Waals surface area contributed by atoms with Gasteiger partial charge in [0.15, 0.2) is 0 Å². The first-order chi connectivity index (χ1) is 12.3. The van der Waals surface area contributed by atoms with E-state index in [1.165, 1.54) is 5.56 Å². The maximum atomic E-state index is 4.71. The zero-order valence-corrected chi connectivity index (χ0v) is 14.1. The number of aliphatic imine (C=N–C) groups is 1. The van der Waals surface area contributed by atoms with E-state index in [-0.39, 0.29) is 0 Å². The van der Waals surface area contributed by atoms with Crippen LogP contribution in [0.3, 0.4) is 0 Å². The summed E-state index contributed by atoms with van der Waals surface area (Å²) in [4.78, 5) is 9.29. The molecule has 0 N–H and O–H groups in total. The van der Waals surface area contributed by atoms with Crippen LogP contribution in [-0.4, -0.2) is 15.8 Å². The molecular formula is C22H19N3. The highest BCUT2D eigenvalue weighted by molar-refractivity contribution is 5.84. The molecule has 0 fully saturated rings. The maximum Gasteiger partial charge on any atom is 0.107 e. The lowest BCUT2D eigenvalue weighted by molar-refractivity contribution is 0.786. The molecular weight excluding hydrogens is 306 g/mol. The van der Waals surface area contributed by atoms with E-state index < -0.39 is 0 Å². The van der Waals surface area contributed by atoms with E-state index in [0.717, 1.165) is 34.7 Å². The minimum Gasteiger partial charge on any atom is -0.324 e. The van der Waals surface area contributed by atoms with Crippen molar-refractivity contribution in [2.24, 2.45) is 4.99 Å². The SMILES string of the molecule is Cc1nc2cc(N=Cc3ccccc3)ccc2n1Cc1ccccc1. The highest BCUT2D eigenvalue weighted by Crippen LogP contribution is 2.23. The van der Waals surface area contributed by atoms with Gasteiger partial charge in [-0.1, -0.05) is 60.7 Å². The van der Waals surface area contributed by atoms with Crippen LogP contribution >= 0.6 is 0 Å². The molecule has 3 aromatic carbocycles. The summed E-state index contributed by atoms with van der Waals surface area (Å²) in [6, 6.07) is 26.8. The summed E-state index contributed by atoms with van der Waals surface area (Å²) in [7, 11) is 0. The fourth-order valence-corrected chi connectivity index (χ4v) is 2.97. The Kier molecular flexibility index (Phi) is 4.13. The van der Waals surface area contributed by atoms with Gasteiger partial charge >= 0.3 is 0 Å². The monoisotopic (exact) mass is 325 g/mol. The molecule has 0 amide bonds. The smallest absolute Gasteiger partial charge is 0.107 e. The van der Waals surface area contributed by atoms with Gasteiger partial charge in [-0.15, -0.1) is 0 Å². The minimum atomic E-state index is 0.829. The predicted octanol–water partition coefficient (Wildman–Crippen LogP) is 5.14. The van der Waals surface area contributed by atoms with Gasteiger partial charge < -0.3 is 4.57 Å². The normalized spacial score (nSPS) is 11.4. The minimum absolute atomic E-state index is 0.829. The van der Waals surface area contributed by atoms with Crippen LogP contribution < -0.4 is 0 Å². The average Bonchev–Trinajstić information content (AvgIpc) is 2.96. The first-order valence-electron chi connectivity index (χ1n) is 8.39. The Balaban J connectivity index is 1.65. The average molecular weight is 325 g/mol. The van der Waals surface area contributed by atoms with Gasteiger partial charge in [-0.25, -0.2) is 4.98 Å². The predicted molar refractivity (Wildman–Crippen MR) is 104 cm³/mol. The zero-order valence-electron chi connectivity index (χ0n) is 14.1. The Labute approximate surface area is 147 Å². The highest BCUT2D eigenvalue weighted by Gasteiger charge is 2.08. The first kappa shape index (κ1) is 15.3. The molecule has 0 bridgehead atoms. The summed E-state index contributed by atoms with van der Waals surface area (Å²) in [6.45, 7) is 2.88. The topological polar surface area (TPSA) is 30.2 Å². The van der Waals surface area contributed by atoms with Crippen molar-refractivity contribution in [2.45, 2.75) is 13.5 Å². The van der Waals surface area contributed by atoms with Crippen LogP contribution in [0, 0.1) is 6.92 Å². The number of rotatable bonds is 4. The number of aryl methyl sites for hydroxylation is 1. The second kappa shape index (κ2) is 6.73. The van der Waals surface area contributed by atoms with Gasteiger partial charge in [0.05, 0.1) is 16.7 Å². The van der Waals surface area contributed by atoms with E-state index in [4.69, 9.17) is 4.98 Å². The van der Waals surface area contributed by atoms with Crippen LogP contribution in [0.4, 0.5) is 5.69 Å². The molecule has 1 aromatic heterocycles. The van der Waals surface area contributed by atoms with Gasteiger partial charge in [0.1, 0.15) is 5.82 Å². The van der Waals surface area contributed by atoms with E-state index in [0.29, 0.717) is 0 Å². The van der Waals surface area contributed by atoms with Crippen molar-refractivity contribution in [1.29, 1.82) is 0 Å². The van der Waals surface area contributed by atoms with Gasteiger partial charge in [-0.05, 0) is 36.2 Å². The fraction of sp³-hybridized carbons (Fsp3) is 0.0909. The van der Waals surface area contributed by atoms with Gasteiger partial charge in [0.2, 0.25) is 0 Å². The molecule has 3 nitrogen and oxygen atoms in total. The van der Waals surface area contributed by atoms with Crippen LogP contribution in [0.1, 0.15) is 17.0 Å². The second-order valence-corrected chi connectivity index (χ2v) is 6.07. The lowest BCUT2D eigenvalue weighted by atomic mass is 10.2. The summed E-state index contributed by atoms with van der Waals surface area (Å²) in [5.74, 6) is 1.02. The highest BCUT2D eigenvalue weighted by atomic mass is 15.1. The third kappa shape index (κ3) is 3.36. The van der Waals surface area contributed by atoms with E-state index in [9.17, 15) is 0 Å². The van der Waals surface area contributed by atoms with Gasteiger partial charge in [0, 0.05) is 12.8 Å². The van der Waals surface area contributed by atoms with Crippen molar-refractivity contribution in [3.63, 3.8) is 0 Å². The Morgan fingerprint density at radius 1 is 0.920 bits per heavy atom. The number of hydrogen-bond donors (Lipinski definition) is 0. The molecule has 25 heavy (non-hydrogen) atoms. The third-order valence-corrected chi connectivity index (χ3v) is 4.27. The van der Waals surface area contributed by atoms with E-state index >= 15 is 0 Å². The molecule has 0 atom stereocenters.